The number of benzene rings is 1. The van der Waals surface area contributed by atoms with Gasteiger partial charge in [0, 0.05) is 30.6 Å². The molecule has 1 saturated heterocycles. The van der Waals surface area contributed by atoms with Gasteiger partial charge in [-0.3, -0.25) is 9.69 Å². The number of hydrogen-bond donors (Lipinski definition) is 2. The lowest BCUT2D eigenvalue weighted by atomic mass is 9.84. The third-order valence-electron chi connectivity index (χ3n) is 6.30. The number of amides is 1. The molecule has 170 valence electrons. The summed E-state index contributed by atoms with van der Waals surface area (Å²) in [6.45, 7) is 7.20. The van der Waals surface area contributed by atoms with E-state index in [-0.39, 0.29) is 24.3 Å². The van der Waals surface area contributed by atoms with Crippen molar-refractivity contribution in [1.29, 1.82) is 0 Å². The molecule has 0 aliphatic carbocycles. The summed E-state index contributed by atoms with van der Waals surface area (Å²) >= 11 is 0. The Morgan fingerprint density at radius 3 is 2.62 bits per heavy atom. The van der Waals surface area contributed by atoms with E-state index in [0.717, 1.165) is 41.0 Å². The number of rotatable bonds is 5. The van der Waals surface area contributed by atoms with E-state index in [4.69, 9.17) is 20.2 Å². The third kappa shape index (κ3) is 4.14. The fourth-order valence-electron chi connectivity index (χ4n) is 4.63. The van der Waals surface area contributed by atoms with Gasteiger partial charge in [-0.2, -0.15) is 0 Å². The topological polar surface area (TPSA) is 102 Å². The predicted molar refractivity (Wildman–Crippen MR) is 124 cm³/mol. The largest absolute Gasteiger partial charge is 0.480 e. The van der Waals surface area contributed by atoms with Gasteiger partial charge in [-0.15, -0.1) is 0 Å². The molecule has 1 aromatic heterocycles. The van der Waals surface area contributed by atoms with Gasteiger partial charge in [-0.1, -0.05) is 12.1 Å². The van der Waals surface area contributed by atoms with Crippen LogP contribution >= 0.6 is 0 Å². The van der Waals surface area contributed by atoms with Crippen molar-refractivity contribution < 1.29 is 14.3 Å². The summed E-state index contributed by atoms with van der Waals surface area (Å²) in [7, 11) is 1.60. The van der Waals surface area contributed by atoms with Crippen LogP contribution in [0.1, 0.15) is 43.0 Å². The van der Waals surface area contributed by atoms with Crippen molar-refractivity contribution >= 4 is 23.2 Å². The van der Waals surface area contributed by atoms with Crippen LogP contribution in [0, 0.1) is 13.8 Å². The lowest BCUT2D eigenvalue weighted by Gasteiger charge is -2.41. The monoisotopic (exact) mass is 437 g/mol. The van der Waals surface area contributed by atoms with Gasteiger partial charge in [-0.05, 0) is 62.9 Å². The molecule has 0 unspecified atom stereocenters. The number of aliphatic imine (C=N–C) groups is 1. The summed E-state index contributed by atoms with van der Waals surface area (Å²) in [4.78, 5) is 24.1. The molecular weight excluding hydrogens is 406 g/mol. The van der Waals surface area contributed by atoms with Crippen LogP contribution in [-0.2, 0) is 15.1 Å². The third-order valence-corrected chi connectivity index (χ3v) is 6.30. The molecule has 1 fully saturated rings. The van der Waals surface area contributed by atoms with E-state index in [1.807, 2.05) is 51.1 Å². The lowest BCUT2D eigenvalue weighted by molar-refractivity contribution is -0.132. The van der Waals surface area contributed by atoms with Gasteiger partial charge in [0.15, 0.2) is 5.96 Å². The minimum absolute atomic E-state index is 0.00839. The maximum absolute atomic E-state index is 13.2. The Morgan fingerprint density at radius 1 is 1.19 bits per heavy atom. The van der Waals surface area contributed by atoms with Crippen molar-refractivity contribution in [3.8, 4) is 5.88 Å². The number of anilines is 2. The fourth-order valence-corrected chi connectivity index (χ4v) is 4.63. The van der Waals surface area contributed by atoms with E-state index in [0.29, 0.717) is 19.1 Å². The molecule has 3 heterocycles. The summed E-state index contributed by atoms with van der Waals surface area (Å²) in [6, 6.07) is 9.90. The average molecular weight is 438 g/mol. The highest BCUT2D eigenvalue weighted by molar-refractivity contribution is 5.99. The second-order valence-corrected chi connectivity index (χ2v) is 8.64. The van der Waals surface area contributed by atoms with E-state index in [2.05, 4.69) is 10.3 Å². The molecule has 0 bridgehead atoms. The maximum Gasteiger partial charge on any atom is 0.237 e. The number of methoxy groups -OCH3 is 1. The molecule has 2 aromatic rings. The van der Waals surface area contributed by atoms with Crippen LogP contribution in [0.3, 0.4) is 0 Å². The number of pyridine rings is 1. The minimum atomic E-state index is -0.736. The van der Waals surface area contributed by atoms with E-state index in [9.17, 15) is 4.79 Å². The van der Waals surface area contributed by atoms with Crippen molar-refractivity contribution in [2.24, 2.45) is 10.7 Å². The minimum Gasteiger partial charge on any atom is -0.480 e. The highest BCUT2D eigenvalue weighted by atomic mass is 16.5. The molecular formula is C24H31N5O3. The average Bonchev–Trinajstić information content (AvgIpc) is 2.76. The van der Waals surface area contributed by atoms with Gasteiger partial charge in [0.1, 0.15) is 5.69 Å². The molecule has 4 rings (SSSR count). The summed E-state index contributed by atoms with van der Waals surface area (Å²) < 4.78 is 10.9. The molecule has 32 heavy (non-hydrogen) atoms. The van der Waals surface area contributed by atoms with E-state index in [1.165, 1.54) is 0 Å². The number of guanidine groups is 1. The van der Waals surface area contributed by atoms with Gasteiger partial charge >= 0.3 is 0 Å². The van der Waals surface area contributed by atoms with E-state index in [1.54, 1.807) is 12.0 Å². The number of hydrogen-bond acceptors (Lipinski definition) is 7. The molecule has 1 atom stereocenters. The number of nitrogens with zero attached hydrogens (tertiary/aromatic N) is 3. The first kappa shape index (κ1) is 22.1. The maximum atomic E-state index is 13.2. The van der Waals surface area contributed by atoms with Crippen molar-refractivity contribution in [2.75, 3.05) is 25.6 Å². The number of ether oxygens (including phenoxy) is 2. The molecule has 1 aromatic carbocycles. The zero-order chi connectivity index (χ0) is 22.9. The predicted octanol–water partition coefficient (Wildman–Crippen LogP) is 3.39. The number of aryl methyl sites for hydroxylation is 1. The van der Waals surface area contributed by atoms with Crippen molar-refractivity contribution in [2.45, 2.75) is 51.6 Å². The van der Waals surface area contributed by atoms with Crippen LogP contribution in [0.25, 0.3) is 0 Å². The molecule has 1 amide bonds. The van der Waals surface area contributed by atoms with E-state index < -0.39 is 5.54 Å². The molecule has 0 spiro atoms. The Balaban J connectivity index is 1.65. The second kappa shape index (κ2) is 8.78. The lowest BCUT2D eigenvalue weighted by Crippen LogP contribution is -2.55. The van der Waals surface area contributed by atoms with Gasteiger partial charge in [0.25, 0.3) is 0 Å². The molecule has 8 heteroatoms. The van der Waals surface area contributed by atoms with Gasteiger partial charge < -0.3 is 20.5 Å². The first-order chi connectivity index (χ1) is 15.3. The number of aromatic nitrogens is 1. The zero-order valence-corrected chi connectivity index (χ0v) is 19.1. The normalized spacial score (nSPS) is 21.9. The molecule has 3 N–H and O–H groups in total. The summed E-state index contributed by atoms with van der Waals surface area (Å²) in [5.74, 6) is 0.829. The highest BCUT2D eigenvalue weighted by Crippen LogP contribution is 2.39. The number of nitrogens with one attached hydrogen (secondary N) is 1. The first-order valence-corrected chi connectivity index (χ1v) is 11.0. The van der Waals surface area contributed by atoms with Crippen LogP contribution in [0.5, 0.6) is 5.88 Å². The fraction of sp³-hybridized carbons (Fsp3) is 0.458. The van der Waals surface area contributed by atoms with E-state index >= 15 is 0 Å². The first-order valence-electron chi connectivity index (χ1n) is 11.0. The standard InChI is InChI=1S/C24H31N5O3/c1-15-8-9-20(22(26-15)31-4)27-19-7-5-6-18(16(19)2)24(3)14-21(30)29(23(25)28-24)17-10-12-32-13-11-17/h5-9,17,27H,10-14H2,1-4H3,(H2,25,28)/t24-/m0/s1. The Hall–Kier alpha value is -3.13. The number of carbonyl (C=O) groups is 1. The van der Waals surface area contributed by atoms with Crippen molar-refractivity contribution in [3.63, 3.8) is 0 Å². The molecule has 8 nitrogen and oxygen atoms in total. The van der Waals surface area contributed by atoms with Crippen LogP contribution < -0.4 is 15.8 Å². The summed E-state index contributed by atoms with van der Waals surface area (Å²) in [5.41, 5.74) is 10.1. The Morgan fingerprint density at radius 2 is 1.94 bits per heavy atom. The van der Waals surface area contributed by atoms with Gasteiger partial charge in [0.05, 0.1) is 19.1 Å². The summed E-state index contributed by atoms with van der Waals surface area (Å²) in [5, 5.41) is 3.42. The second-order valence-electron chi connectivity index (χ2n) is 8.64. The SMILES string of the molecule is COc1nc(C)ccc1Nc1cccc([C@]2(C)CC(=O)N(C3CCOCC3)C(N)=N2)c1C. The number of carbonyl (C=O) groups excluding carboxylic acids is 1. The molecule has 0 saturated carbocycles. The molecule has 0 radical (unpaired) electrons. The number of nitrogens with two attached hydrogens (primary N) is 1. The van der Waals surface area contributed by atoms with Crippen molar-refractivity contribution in [1.82, 2.24) is 9.88 Å². The van der Waals surface area contributed by atoms with Crippen LogP contribution in [0.4, 0.5) is 11.4 Å². The molecule has 2 aliphatic rings. The summed E-state index contributed by atoms with van der Waals surface area (Å²) in [6.07, 6.45) is 1.83. The zero-order valence-electron chi connectivity index (χ0n) is 19.1. The Bertz CT molecular complexity index is 1050. The quantitative estimate of drug-likeness (QED) is 0.743. The Labute approximate surface area is 188 Å². The van der Waals surface area contributed by atoms with Crippen LogP contribution in [0.2, 0.25) is 0 Å². The van der Waals surface area contributed by atoms with Crippen LogP contribution in [-0.4, -0.2) is 48.1 Å². The van der Waals surface area contributed by atoms with Crippen molar-refractivity contribution in [3.05, 3.63) is 47.2 Å². The molecule has 2 aliphatic heterocycles. The van der Waals surface area contributed by atoms with Gasteiger partial charge in [0.2, 0.25) is 11.8 Å². The van der Waals surface area contributed by atoms with Crippen LogP contribution in [0.15, 0.2) is 35.3 Å². The van der Waals surface area contributed by atoms with Gasteiger partial charge in [-0.25, -0.2) is 9.98 Å². The smallest absolute Gasteiger partial charge is 0.237 e. The highest BCUT2D eigenvalue weighted by Gasteiger charge is 2.41. The Kier molecular flexibility index (Phi) is 6.06.